The minimum absolute atomic E-state index is 0.208. The van der Waals surface area contributed by atoms with E-state index in [0.29, 0.717) is 16.9 Å². The lowest BCUT2D eigenvalue weighted by molar-refractivity contribution is 0.0733. The molecule has 1 aromatic heterocycles. The van der Waals surface area contributed by atoms with E-state index in [1.807, 2.05) is 17.5 Å². The van der Waals surface area contributed by atoms with E-state index in [2.05, 4.69) is 15.9 Å². The zero-order valence-corrected chi connectivity index (χ0v) is 16.7. The molecule has 3 rings (SSSR count). The lowest BCUT2D eigenvalue weighted by Gasteiger charge is -2.09. The molecule has 136 valence electrons. The van der Waals surface area contributed by atoms with Crippen molar-refractivity contribution in [1.82, 2.24) is 0 Å². The van der Waals surface area contributed by atoms with E-state index >= 15 is 0 Å². The highest BCUT2D eigenvalue weighted by Gasteiger charge is 2.16. The highest BCUT2D eigenvalue weighted by molar-refractivity contribution is 9.10. The number of carbonyl (C=O) groups is 2. The number of ether oxygens (including phenoxy) is 2. The molecule has 0 N–H and O–H groups in total. The molecule has 2 aromatic carbocycles. The molecule has 0 radical (unpaired) electrons. The summed E-state index contributed by atoms with van der Waals surface area (Å²) in [6.45, 7) is 0. The Kier molecular flexibility index (Phi) is 6.21. The van der Waals surface area contributed by atoms with Crippen molar-refractivity contribution in [3.05, 3.63) is 86.5 Å². The van der Waals surface area contributed by atoms with Crippen molar-refractivity contribution in [3.63, 3.8) is 0 Å². The fraction of sp³-hybridized carbons (Fsp3) is 0.0476. The van der Waals surface area contributed by atoms with Crippen LogP contribution in [0.25, 0.3) is 6.08 Å². The zero-order valence-electron chi connectivity index (χ0n) is 14.3. The van der Waals surface area contributed by atoms with Crippen molar-refractivity contribution in [2.24, 2.45) is 0 Å². The van der Waals surface area contributed by atoms with E-state index in [1.165, 1.54) is 17.4 Å². The van der Waals surface area contributed by atoms with Crippen molar-refractivity contribution in [2.75, 3.05) is 7.11 Å². The summed E-state index contributed by atoms with van der Waals surface area (Å²) >= 11 is 4.89. The number of hydrogen-bond acceptors (Lipinski definition) is 5. The first-order chi connectivity index (χ1) is 13.1. The summed E-state index contributed by atoms with van der Waals surface area (Å²) in [7, 11) is 1.55. The Hall–Kier alpha value is -2.70. The highest BCUT2D eigenvalue weighted by atomic mass is 79.9. The molecule has 4 nitrogen and oxygen atoms in total. The maximum absolute atomic E-state index is 12.6. The van der Waals surface area contributed by atoms with Gasteiger partial charge in [0.25, 0.3) is 0 Å². The molecule has 0 saturated heterocycles. The summed E-state index contributed by atoms with van der Waals surface area (Å²) in [6.07, 6.45) is 3.21. The summed E-state index contributed by atoms with van der Waals surface area (Å²) in [6, 6.07) is 15.3. The smallest absolute Gasteiger partial charge is 0.343 e. The predicted molar refractivity (Wildman–Crippen MR) is 110 cm³/mol. The Morgan fingerprint density at radius 2 is 1.85 bits per heavy atom. The number of rotatable bonds is 6. The van der Waals surface area contributed by atoms with E-state index < -0.39 is 5.97 Å². The molecule has 0 atom stereocenters. The largest absolute Gasteiger partial charge is 0.497 e. The van der Waals surface area contributed by atoms with Gasteiger partial charge in [-0.25, -0.2) is 4.79 Å². The third-order valence-corrected chi connectivity index (χ3v) is 5.01. The van der Waals surface area contributed by atoms with Crippen LogP contribution >= 0.6 is 27.3 Å². The predicted octanol–water partition coefficient (Wildman–Crippen LogP) is 5.63. The van der Waals surface area contributed by atoms with Gasteiger partial charge in [0.1, 0.15) is 11.5 Å². The number of ketones is 1. The van der Waals surface area contributed by atoms with Gasteiger partial charge in [-0.15, -0.1) is 11.3 Å². The zero-order chi connectivity index (χ0) is 19.2. The van der Waals surface area contributed by atoms with Crippen LogP contribution < -0.4 is 9.47 Å². The van der Waals surface area contributed by atoms with Crippen LogP contribution in [0, 0.1) is 0 Å². The molecular formula is C21H15BrO4S. The molecule has 0 spiro atoms. The maximum atomic E-state index is 12.6. The molecule has 0 fully saturated rings. The first kappa shape index (κ1) is 19.1. The number of esters is 1. The number of halogens is 1. The van der Waals surface area contributed by atoms with E-state index in [4.69, 9.17) is 9.47 Å². The van der Waals surface area contributed by atoms with Gasteiger partial charge >= 0.3 is 5.97 Å². The Morgan fingerprint density at radius 1 is 1.07 bits per heavy atom. The van der Waals surface area contributed by atoms with Crippen LogP contribution in [-0.2, 0) is 0 Å². The third-order valence-electron chi connectivity index (χ3n) is 3.68. The van der Waals surface area contributed by atoms with Gasteiger partial charge in [-0.1, -0.05) is 22.0 Å². The van der Waals surface area contributed by atoms with Crippen molar-refractivity contribution < 1.29 is 19.1 Å². The van der Waals surface area contributed by atoms with Gasteiger partial charge in [0, 0.05) is 9.35 Å². The van der Waals surface area contributed by atoms with E-state index in [-0.39, 0.29) is 11.5 Å². The molecule has 0 aliphatic heterocycles. The summed E-state index contributed by atoms with van der Waals surface area (Å²) in [5, 5.41) is 1.94. The summed E-state index contributed by atoms with van der Waals surface area (Å²) in [4.78, 5) is 26.0. The molecule has 27 heavy (non-hydrogen) atoms. The van der Waals surface area contributed by atoms with Crippen molar-refractivity contribution >= 4 is 45.1 Å². The quantitative estimate of drug-likeness (QED) is 0.214. The number of carbonyl (C=O) groups excluding carboxylic acids is 2. The number of benzene rings is 2. The van der Waals surface area contributed by atoms with Gasteiger partial charge in [-0.2, -0.15) is 0 Å². The Bertz CT molecular complexity index is 976. The number of hydrogen-bond donors (Lipinski definition) is 0. The van der Waals surface area contributed by atoms with Gasteiger partial charge in [0.05, 0.1) is 18.2 Å². The summed E-state index contributed by atoms with van der Waals surface area (Å²) < 4.78 is 11.3. The maximum Gasteiger partial charge on any atom is 0.343 e. The van der Waals surface area contributed by atoms with Crippen molar-refractivity contribution in [3.8, 4) is 11.5 Å². The second kappa shape index (κ2) is 8.79. The van der Waals surface area contributed by atoms with Crippen LogP contribution in [0.2, 0.25) is 0 Å². The van der Waals surface area contributed by atoms with Crippen LogP contribution in [-0.4, -0.2) is 18.9 Å². The number of allylic oxidation sites excluding steroid dienone is 1. The van der Waals surface area contributed by atoms with Gasteiger partial charge in [-0.05, 0) is 66.1 Å². The molecule has 1 heterocycles. The fourth-order valence-electron chi connectivity index (χ4n) is 2.30. The van der Waals surface area contributed by atoms with Crippen molar-refractivity contribution in [1.29, 1.82) is 0 Å². The standard InChI is InChI=1S/C21H15BrO4S/c1-25-16-7-4-14(5-8-16)21(24)26-20-11-6-15(22)13-18(20)19(23)10-9-17-3-2-12-27-17/h2-13H,1H3. The van der Waals surface area contributed by atoms with Gasteiger partial charge < -0.3 is 9.47 Å². The van der Waals surface area contributed by atoms with E-state index in [9.17, 15) is 9.59 Å². The Balaban J connectivity index is 1.82. The second-order valence-electron chi connectivity index (χ2n) is 5.47. The van der Waals surface area contributed by atoms with Gasteiger partial charge in [0.15, 0.2) is 5.78 Å². The first-order valence-corrected chi connectivity index (χ1v) is 9.66. The fourth-order valence-corrected chi connectivity index (χ4v) is 3.28. The summed E-state index contributed by atoms with van der Waals surface area (Å²) in [5.74, 6) is 0.0584. The lowest BCUT2D eigenvalue weighted by atomic mass is 10.1. The first-order valence-electron chi connectivity index (χ1n) is 7.98. The molecule has 3 aromatic rings. The normalized spacial score (nSPS) is 10.7. The second-order valence-corrected chi connectivity index (χ2v) is 7.37. The SMILES string of the molecule is COc1ccc(C(=O)Oc2ccc(Br)cc2C(=O)C=Cc2cccs2)cc1. The van der Waals surface area contributed by atoms with Crippen molar-refractivity contribution in [2.45, 2.75) is 0 Å². The van der Waals surface area contributed by atoms with Crippen LogP contribution in [0.1, 0.15) is 25.6 Å². The van der Waals surface area contributed by atoms with Crippen LogP contribution in [0.15, 0.2) is 70.5 Å². The van der Waals surface area contributed by atoms with E-state index in [0.717, 1.165) is 9.35 Å². The molecule has 0 bridgehead atoms. The van der Waals surface area contributed by atoms with Crippen LogP contribution in [0.5, 0.6) is 11.5 Å². The molecule has 0 aliphatic carbocycles. The number of thiophene rings is 1. The topological polar surface area (TPSA) is 52.6 Å². The molecule has 6 heteroatoms. The van der Waals surface area contributed by atoms with Crippen LogP contribution in [0.3, 0.4) is 0 Å². The van der Waals surface area contributed by atoms with Crippen LogP contribution in [0.4, 0.5) is 0 Å². The van der Waals surface area contributed by atoms with Gasteiger partial charge in [0.2, 0.25) is 0 Å². The summed E-state index contributed by atoms with van der Waals surface area (Å²) in [5.41, 5.74) is 0.672. The highest BCUT2D eigenvalue weighted by Crippen LogP contribution is 2.26. The lowest BCUT2D eigenvalue weighted by Crippen LogP contribution is -2.11. The molecule has 0 aliphatic rings. The third kappa shape index (κ3) is 4.93. The Morgan fingerprint density at radius 3 is 2.52 bits per heavy atom. The van der Waals surface area contributed by atoms with E-state index in [1.54, 1.807) is 55.7 Å². The average molecular weight is 443 g/mol. The van der Waals surface area contributed by atoms with Gasteiger partial charge in [-0.3, -0.25) is 4.79 Å². The Labute approximate surface area is 169 Å². The molecule has 0 unspecified atom stereocenters. The minimum Gasteiger partial charge on any atom is -0.497 e. The minimum atomic E-state index is -0.545. The molecule has 0 amide bonds. The monoisotopic (exact) mass is 442 g/mol. The number of methoxy groups -OCH3 is 1. The molecular weight excluding hydrogens is 428 g/mol. The average Bonchev–Trinajstić information content (AvgIpc) is 3.21. The molecule has 0 saturated carbocycles.